The smallest absolute Gasteiger partial charge is 0.154 e. The molecule has 162 valence electrons. The molecule has 3 aromatic rings. The van der Waals surface area contributed by atoms with E-state index in [2.05, 4.69) is 35.4 Å². The summed E-state index contributed by atoms with van der Waals surface area (Å²) in [6.45, 7) is 2.10. The molecule has 0 aliphatic heterocycles. The van der Waals surface area contributed by atoms with Gasteiger partial charge in [-0.2, -0.15) is 0 Å². The Bertz CT molecular complexity index is 958. The van der Waals surface area contributed by atoms with Crippen molar-refractivity contribution in [2.45, 2.75) is 44.7 Å². The lowest BCUT2D eigenvalue weighted by Gasteiger charge is -2.27. The fourth-order valence-corrected chi connectivity index (χ4v) is 3.55. The van der Waals surface area contributed by atoms with E-state index >= 15 is 0 Å². The number of hydrogen-bond acceptors (Lipinski definition) is 5. The lowest BCUT2D eigenvalue weighted by Crippen LogP contribution is -2.33. The van der Waals surface area contributed by atoms with Crippen LogP contribution in [0.4, 0.5) is 5.82 Å². The number of nitrogens with two attached hydrogens (primary N) is 1. The van der Waals surface area contributed by atoms with Crippen LogP contribution in [0.3, 0.4) is 0 Å². The minimum Gasteiger partial charge on any atom is -0.367 e. The van der Waals surface area contributed by atoms with E-state index in [9.17, 15) is 0 Å². The van der Waals surface area contributed by atoms with Crippen LogP contribution in [0.2, 0.25) is 0 Å². The highest BCUT2D eigenvalue weighted by atomic mass is 35.5. The van der Waals surface area contributed by atoms with Gasteiger partial charge in [-0.3, -0.25) is 4.98 Å². The van der Waals surface area contributed by atoms with Crippen LogP contribution in [0.15, 0.2) is 42.7 Å². The number of benzene rings is 1. The molecule has 8 heteroatoms. The second-order valence-corrected chi connectivity index (χ2v) is 7.33. The van der Waals surface area contributed by atoms with Crippen LogP contribution in [-0.4, -0.2) is 27.0 Å². The van der Waals surface area contributed by atoms with Crippen LogP contribution in [0.1, 0.15) is 42.6 Å². The highest BCUT2D eigenvalue weighted by Gasteiger charge is 2.19. The van der Waals surface area contributed by atoms with E-state index in [1.165, 1.54) is 5.56 Å². The standard InChI is InChI=1S/C22H25N5.3ClH/c1-15-4-10-20-19(13-15)22(25-18-8-6-17(23)7-9-18)27-21(26-20)11-5-16-3-2-12-24-14-16;;;/h2-5,10-14,17-18H,6-9,23H2,1H3,(H,25,26,27);3*1H. The van der Waals surface area contributed by atoms with Gasteiger partial charge in [0.25, 0.3) is 0 Å². The molecule has 0 saturated heterocycles. The Hall–Kier alpha value is -1.92. The number of halogens is 3. The van der Waals surface area contributed by atoms with Gasteiger partial charge < -0.3 is 11.1 Å². The number of anilines is 1. The molecule has 30 heavy (non-hydrogen) atoms. The zero-order chi connectivity index (χ0) is 18.6. The van der Waals surface area contributed by atoms with Gasteiger partial charge in [0.15, 0.2) is 5.82 Å². The third kappa shape index (κ3) is 6.54. The Labute approximate surface area is 196 Å². The molecule has 4 rings (SSSR count). The Kier molecular flexibility index (Phi) is 10.5. The summed E-state index contributed by atoms with van der Waals surface area (Å²) < 4.78 is 0. The Morgan fingerprint density at radius 2 is 1.77 bits per heavy atom. The first-order valence-corrected chi connectivity index (χ1v) is 9.56. The van der Waals surface area contributed by atoms with Gasteiger partial charge in [0.2, 0.25) is 0 Å². The molecule has 0 unspecified atom stereocenters. The maximum Gasteiger partial charge on any atom is 0.154 e. The molecule has 1 aliphatic rings. The molecule has 0 amide bonds. The summed E-state index contributed by atoms with van der Waals surface area (Å²) in [6.07, 6.45) is 11.8. The first kappa shape index (κ1) is 26.1. The molecule has 2 aromatic heterocycles. The largest absolute Gasteiger partial charge is 0.367 e. The van der Waals surface area contributed by atoms with Crippen LogP contribution in [0.25, 0.3) is 23.1 Å². The fourth-order valence-electron chi connectivity index (χ4n) is 3.55. The second-order valence-electron chi connectivity index (χ2n) is 7.33. The molecule has 3 N–H and O–H groups in total. The topological polar surface area (TPSA) is 76.7 Å². The number of aryl methyl sites for hydroxylation is 1. The second kappa shape index (κ2) is 12.1. The van der Waals surface area contributed by atoms with Gasteiger partial charge >= 0.3 is 0 Å². The molecule has 0 spiro atoms. The van der Waals surface area contributed by atoms with Crippen molar-refractivity contribution in [3.05, 3.63) is 59.7 Å². The molecule has 0 atom stereocenters. The van der Waals surface area contributed by atoms with Crippen molar-refractivity contribution >= 4 is 66.1 Å². The normalized spacial score (nSPS) is 18.2. The summed E-state index contributed by atoms with van der Waals surface area (Å²) in [4.78, 5) is 13.7. The monoisotopic (exact) mass is 467 g/mol. The van der Waals surface area contributed by atoms with Gasteiger partial charge in [-0.15, -0.1) is 37.2 Å². The molecule has 1 aliphatic carbocycles. The predicted molar refractivity (Wildman–Crippen MR) is 133 cm³/mol. The van der Waals surface area contributed by atoms with Crippen molar-refractivity contribution in [3.63, 3.8) is 0 Å². The third-order valence-electron chi connectivity index (χ3n) is 5.09. The SMILES string of the molecule is Cc1ccc2nc(C=Cc3cccnc3)nc(NC3CCC(N)CC3)c2c1.Cl.Cl.Cl. The average Bonchev–Trinajstić information content (AvgIpc) is 2.69. The van der Waals surface area contributed by atoms with E-state index in [1.54, 1.807) is 6.20 Å². The summed E-state index contributed by atoms with van der Waals surface area (Å²) in [6, 6.07) is 11.0. The first-order valence-electron chi connectivity index (χ1n) is 9.56. The van der Waals surface area contributed by atoms with Gasteiger partial charge in [-0.05, 0) is 68.5 Å². The van der Waals surface area contributed by atoms with Crippen molar-refractivity contribution in [1.82, 2.24) is 15.0 Å². The lowest BCUT2D eigenvalue weighted by atomic mass is 9.92. The van der Waals surface area contributed by atoms with Crippen molar-refractivity contribution in [2.24, 2.45) is 5.73 Å². The van der Waals surface area contributed by atoms with Crippen molar-refractivity contribution in [3.8, 4) is 0 Å². The molecule has 0 radical (unpaired) electrons. The zero-order valence-corrected chi connectivity index (χ0v) is 19.3. The Morgan fingerprint density at radius 1 is 1.00 bits per heavy atom. The van der Waals surface area contributed by atoms with E-state index in [4.69, 9.17) is 15.7 Å². The fraction of sp³-hybridized carbons (Fsp3) is 0.318. The van der Waals surface area contributed by atoms with E-state index < -0.39 is 0 Å². The van der Waals surface area contributed by atoms with Gasteiger partial charge in [-0.25, -0.2) is 9.97 Å². The number of nitrogens with one attached hydrogen (secondary N) is 1. The molecule has 1 fully saturated rings. The number of hydrogen-bond donors (Lipinski definition) is 2. The summed E-state index contributed by atoms with van der Waals surface area (Å²) in [7, 11) is 0. The first-order chi connectivity index (χ1) is 13.2. The third-order valence-corrected chi connectivity index (χ3v) is 5.09. The van der Waals surface area contributed by atoms with E-state index in [0.717, 1.165) is 48.0 Å². The number of rotatable bonds is 4. The molecular weight excluding hydrogens is 441 g/mol. The van der Waals surface area contributed by atoms with Gasteiger partial charge in [0, 0.05) is 29.9 Å². The number of fused-ring (bicyclic) bond motifs is 1. The summed E-state index contributed by atoms with van der Waals surface area (Å²) >= 11 is 0. The molecule has 1 aromatic carbocycles. The molecule has 0 bridgehead atoms. The van der Waals surface area contributed by atoms with Crippen LogP contribution < -0.4 is 11.1 Å². The minimum atomic E-state index is 0. The highest BCUT2D eigenvalue weighted by molar-refractivity contribution is 5.90. The summed E-state index contributed by atoms with van der Waals surface area (Å²) in [5.74, 6) is 1.61. The molecule has 1 saturated carbocycles. The Balaban J connectivity index is 0.00000150. The number of aromatic nitrogens is 3. The molecule has 5 nitrogen and oxygen atoms in total. The Morgan fingerprint density at radius 3 is 2.47 bits per heavy atom. The van der Waals surface area contributed by atoms with Gasteiger partial charge in [0.05, 0.1) is 5.52 Å². The van der Waals surface area contributed by atoms with Crippen molar-refractivity contribution in [2.75, 3.05) is 5.32 Å². The van der Waals surface area contributed by atoms with E-state index in [1.807, 2.05) is 30.5 Å². The van der Waals surface area contributed by atoms with Crippen LogP contribution in [-0.2, 0) is 0 Å². The maximum atomic E-state index is 6.05. The number of pyridine rings is 1. The molecule has 2 heterocycles. The minimum absolute atomic E-state index is 0. The predicted octanol–water partition coefficient (Wildman–Crippen LogP) is 5.45. The number of nitrogens with zero attached hydrogens (tertiary/aromatic N) is 3. The quantitative estimate of drug-likeness (QED) is 0.532. The van der Waals surface area contributed by atoms with Crippen molar-refractivity contribution < 1.29 is 0 Å². The van der Waals surface area contributed by atoms with Crippen LogP contribution in [0, 0.1) is 6.92 Å². The summed E-state index contributed by atoms with van der Waals surface area (Å²) in [5, 5.41) is 4.73. The lowest BCUT2D eigenvalue weighted by molar-refractivity contribution is 0.410. The van der Waals surface area contributed by atoms with Crippen LogP contribution in [0.5, 0.6) is 0 Å². The van der Waals surface area contributed by atoms with Crippen LogP contribution >= 0.6 is 37.2 Å². The zero-order valence-electron chi connectivity index (χ0n) is 16.8. The van der Waals surface area contributed by atoms with Gasteiger partial charge in [-0.1, -0.05) is 17.7 Å². The summed E-state index contributed by atoms with van der Waals surface area (Å²) in [5.41, 5.74) is 9.24. The average molecular weight is 469 g/mol. The van der Waals surface area contributed by atoms with E-state index in [-0.39, 0.29) is 37.2 Å². The maximum absolute atomic E-state index is 6.05. The van der Waals surface area contributed by atoms with Gasteiger partial charge in [0.1, 0.15) is 5.82 Å². The van der Waals surface area contributed by atoms with E-state index in [0.29, 0.717) is 17.9 Å². The van der Waals surface area contributed by atoms with Crippen molar-refractivity contribution in [1.29, 1.82) is 0 Å². The molecular formula is C22H28Cl3N5. The highest BCUT2D eigenvalue weighted by Crippen LogP contribution is 2.26.